The summed E-state index contributed by atoms with van der Waals surface area (Å²) in [5, 5.41) is 3.09. The second-order valence-electron chi connectivity index (χ2n) is 13.6. The smallest absolute Gasteiger partial charge is 0.256 e. The molecular weight excluding hydrogens is 653 g/mol. The predicted molar refractivity (Wildman–Crippen MR) is 215 cm³/mol. The highest BCUT2D eigenvalue weighted by Gasteiger charge is 2.24. The Morgan fingerprint density at radius 1 is 0.623 bits per heavy atom. The summed E-state index contributed by atoms with van der Waals surface area (Å²) in [4.78, 5) is 30.6. The number of hydrogen-bond acceptors (Lipinski definition) is 4. The number of para-hydroxylation sites is 3. The van der Waals surface area contributed by atoms with Crippen molar-refractivity contribution in [1.82, 2.24) is 0 Å². The fraction of sp³-hybridized carbons (Fsp3) is 0.128. The maximum atomic E-state index is 14.0. The molecule has 1 aromatic heterocycles. The average molecular weight is 694 g/mol. The molecule has 53 heavy (non-hydrogen) atoms. The van der Waals surface area contributed by atoms with Crippen molar-refractivity contribution >= 4 is 51.3 Å². The molecule has 5 aromatic carbocycles. The monoisotopic (exact) mass is 693 g/mol. The van der Waals surface area contributed by atoms with Gasteiger partial charge in [0.2, 0.25) is 6.54 Å². The molecule has 0 saturated carbocycles. The van der Waals surface area contributed by atoms with Crippen molar-refractivity contribution in [3.63, 3.8) is 0 Å². The normalized spacial score (nSPS) is 13.3. The van der Waals surface area contributed by atoms with E-state index in [4.69, 9.17) is 0 Å². The topological polar surface area (TPSA) is 56.5 Å². The number of rotatable bonds is 10. The molecule has 0 saturated heterocycles. The summed E-state index contributed by atoms with van der Waals surface area (Å²) in [6.07, 6.45) is 9.63. The van der Waals surface area contributed by atoms with Gasteiger partial charge < -0.3 is 15.1 Å². The van der Waals surface area contributed by atoms with Gasteiger partial charge in [-0.05, 0) is 113 Å². The second kappa shape index (κ2) is 15.0. The summed E-state index contributed by atoms with van der Waals surface area (Å²) in [6.45, 7) is 3.70. The van der Waals surface area contributed by atoms with Gasteiger partial charge in [-0.1, -0.05) is 72.8 Å². The van der Waals surface area contributed by atoms with E-state index < -0.39 is 0 Å². The van der Waals surface area contributed by atoms with Gasteiger partial charge in [0.1, 0.15) is 0 Å². The molecule has 1 amide bonds. The molecule has 0 aliphatic carbocycles. The zero-order valence-corrected chi connectivity index (χ0v) is 29.8. The fourth-order valence-corrected chi connectivity index (χ4v) is 7.44. The molecule has 0 atom stereocenters. The van der Waals surface area contributed by atoms with Crippen LogP contribution >= 0.6 is 0 Å². The summed E-state index contributed by atoms with van der Waals surface area (Å²) < 4.78 is 1.83. The summed E-state index contributed by atoms with van der Waals surface area (Å²) in [6, 6.07) is 47.9. The maximum Gasteiger partial charge on any atom is 0.256 e. The molecule has 1 N–H and O–H groups in total. The van der Waals surface area contributed by atoms with E-state index in [1.165, 1.54) is 33.9 Å². The molecule has 8 rings (SSSR count). The minimum absolute atomic E-state index is 0.0652. The van der Waals surface area contributed by atoms with Crippen molar-refractivity contribution < 1.29 is 14.2 Å². The van der Waals surface area contributed by atoms with Gasteiger partial charge in [-0.2, -0.15) is 4.57 Å². The number of allylic oxidation sites excluding steroid dienone is 2. The average Bonchev–Trinajstić information content (AvgIpc) is 3.82. The van der Waals surface area contributed by atoms with Crippen LogP contribution in [0.1, 0.15) is 34.7 Å². The lowest BCUT2D eigenvalue weighted by Gasteiger charge is -2.21. The number of benzene rings is 5. The van der Waals surface area contributed by atoms with Crippen LogP contribution in [0.4, 0.5) is 28.4 Å². The molecule has 260 valence electrons. The Bertz CT molecular complexity index is 2230. The third kappa shape index (κ3) is 7.30. The lowest BCUT2D eigenvalue weighted by molar-refractivity contribution is -0.684. The highest BCUT2D eigenvalue weighted by molar-refractivity contribution is 6.25. The van der Waals surface area contributed by atoms with Crippen LogP contribution in [0, 0.1) is 0 Å². The third-order valence-electron chi connectivity index (χ3n) is 10.0. The first-order valence-electron chi connectivity index (χ1n) is 18.2. The van der Waals surface area contributed by atoms with Gasteiger partial charge in [0.05, 0.1) is 0 Å². The zero-order valence-electron chi connectivity index (χ0n) is 29.8. The first-order valence-corrected chi connectivity index (χ1v) is 18.2. The van der Waals surface area contributed by atoms with E-state index in [2.05, 4.69) is 118 Å². The maximum absolute atomic E-state index is 14.0. The van der Waals surface area contributed by atoms with Gasteiger partial charge in [-0.25, -0.2) is 0 Å². The largest absolute Gasteiger partial charge is 0.341 e. The summed E-state index contributed by atoms with van der Waals surface area (Å²) in [5.41, 5.74) is 12.7. The minimum Gasteiger partial charge on any atom is -0.341 e. The van der Waals surface area contributed by atoms with E-state index in [0.717, 1.165) is 53.9 Å². The Labute approximate surface area is 311 Å². The van der Waals surface area contributed by atoms with Crippen LogP contribution in [0.15, 0.2) is 164 Å². The minimum atomic E-state index is -0.212. The molecule has 6 aromatic rings. The number of amides is 1. The van der Waals surface area contributed by atoms with Crippen molar-refractivity contribution in [3.8, 4) is 0 Å². The van der Waals surface area contributed by atoms with Crippen LogP contribution in [0.3, 0.4) is 0 Å². The Balaban J connectivity index is 1.22. The van der Waals surface area contributed by atoms with E-state index in [0.29, 0.717) is 5.57 Å². The number of ketones is 1. The van der Waals surface area contributed by atoms with Crippen LogP contribution in [0.5, 0.6) is 0 Å². The number of nitrogens with one attached hydrogen (secondary N) is 1. The molecule has 6 nitrogen and oxygen atoms in total. The Hall–Kier alpha value is -6.53. The van der Waals surface area contributed by atoms with Crippen LogP contribution in [-0.2, 0) is 29.0 Å². The highest BCUT2D eigenvalue weighted by atomic mass is 16.1. The van der Waals surface area contributed by atoms with Gasteiger partial charge in [-0.3, -0.25) is 9.59 Å². The summed E-state index contributed by atoms with van der Waals surface area (Å²) in [7, 11) is 0. The second-order valence-corrected chi connectivity index (χ2v) is 13.6. The van der Waals surface area contributed by atoms with Crippen molar-refractivity contribution in [3.05, 3.63) is 192 Å². The van der Waals surface area contributed by atoms with E-state index >= 15 is 0 Å². The number of Topliss-reactive ketones (excluding diaryl/α,β-unsaturated/α-hetero) is 1. The number of carbonyl (C=O) groups is 2. The first-order chi connectivity index (χ1) is 26.0. The van der Waals surface area contributed by atoms with E-state index in [9.17, 15) is 9.59 Å². The molecule has 6 heteroatoms. The van der Waals surface area contributed by atoms with E-state index in [1.54, 1.807) is 6.92 Å². The Morgan fingerprint density at radius 2 is 1.13 bits per heavy atom. The number of pyridine rings is 1. The Morgan fingerprint density at radius 3 is 1.64 bits per heavy atom. The Kier molecular flexibility index (Phi) is 9.50. The molecule has 0 unspecified atom stereocenters. The van der Waals surface area contributed by atoms with E-state index in [1.807, 2.05) is 65.5 Å². The lowest BCUT2D eigenvalue weighted by Crippen LogP contribution is -2.36. The molecule has 0 spiro atoms. The molecule has 0 radical (unpaired) electrons. The molecule has 2 aliphatic rings. The van der Waals surface area contributed by atoms with Crippen molar-refractivity contribution in [2.45, 2.75) is 26.3 Å². The molecule has 2 aliphatic heterocycles. The van der Waals surface area contributed by atoms with Gasteiger partial charge in [-0.15, -0.1) is 0 Å². The van der Waals surface area contributed by atoms with Crippen molar-refractivity contribution in [1.29, 1.82) is 0 Å². The molecule has 0 bridgehead atoms. The standard InChI is InChI=1S/C47H40N4O2/c1-34(52)33-49-27-23-35(24-28-49)44(47(53)48-40-11-5-2-6-12-40)20-19-43(36-17-21-45-38(31-36)25-29-50(45)41-13-7-3-8-14-41)37-18-22-46-39(32-37)26-30-51(46)42-15-9-4-10-16-42/h2-24,27-28,31-32H,25-26,29-30,33H2,1H3/p+1. The van der Waals surface area contributed by atoms with Gasteiger partial charge in [0.25, 0.3) is 5.91 Å². The number of nitrogens with zero attached hydrogens (tertiary/aromatic N) is 3. The van der Waals surface area contributed by atoms with Gasteiger partial charge in [0, 0.05) is 66.2 Å². The third-order valence-corrected chi connectivity index (χ3v) is 10.0. The molecular formula is C47H41N4O2+. The number of anilines is 5. The van der Waals surface area contributed by atoms with Gasteiger partial charge >= 0.3 is 0 Å². The molecule has 3 heterocycles. The van der Waals surface area contributed by atoms with E-state index in [-0.39, 0.29) is 18.2 Å². The van der Waals surface area contributed by atoms with Gasteiger partial charge in [0.15, 0.2) is 18.2 Å². The summed E-state index contributed by atoms with van der Waals surface area (Å²) in [5.74, 6) is -0.147. The SMILES string of the molecule is CC(=O)C[n+]1ccc(/C(=C\C=C(c2ccc3c(c2)CCN3c2ccccc2)c2ccc3c(c2)CCN3c2ccccc2)C(=O)Nc2ccccc2)cc1. The van der Waals surface area contributed by atoms with Crippen molar-refractivity contribution in [2.24, 2.45) is 0 Å². The van der Waals surface area contributed by atoms with Crippen LogP contribution in [0.25, 0.3) is 11.1 Å². The van der Waals surface area contributed by atoms with Crippen molar-refractivity contribution in [2.75, 3.05) is 28.2 Å². The summed E-state index contributed by atoms with van der Waals surface area (Å²) >= 11 is 0. The number of fused-ring (bicyclic) bond motifs is 2. The number of aromatic nitrogens is 1. The number of hydrogen-bond donors (Lipinski definition) is 1. The highest BCUT2D eigenvalue weighted by Crippen LogP contribution is 2.40. The first kappa shape index (κ1) is 33.6. The van der Waals surface area contributed by atoms with Crippen LogP contribution in [-0.4, -0.2) is 24.8 Å². The predicted octanol–water partition coefficient (Wildman–Crippen LogP) is 9.11. The zero-order chi connectivity index (χ0) is 36.1. The van der Waals surface area contributed by atoms with Crippen LogP contribution in [0.2, 0.25) is 0 Å². The fourth-order valence-electron chi connectivity index (χ4n) is 7.44. The molecule has 0 fully saturated rings. The van der Waals surface area contributed by atoms with Crippen LogP contribution < -0.4 is 19.7 Å². The number of carbonyl (C=O) groups excluding carboxylic acids is 2. The lowest BCUT2D eigenvalue weighted by atomic mass is 9.93. The quantitative estimate of drug-likeness (QED) is 0.0884.